The maximum absolute atomic E-state index is 13.9. The van der Waals surface area contributed by atoms with Crippen LogP contribution in [0.3, 0.4) is 0 Å². The SMILES string of the molecule is O=C(NC[C@@H]1CCCCN1C(=O)c1nc(C2CC2)sc1-c1cccc(C(F)(F)F)c1)Oc1cccc2ccccc12. The number of aromatic nitrogens is 1. The average molecular weight is 580 g/mol. The number of nitrogens with one attached hydrogen (secondary N) is 1. The third kappa shape index (κ3) is 5.93. The molecule has 6 nitrogen and oxygen atoms in total. The molecule has 6 rings (SSSR count). The Morgan fingerprint density at radius 3 is 2.59 bits per heavy atom. The number of hydrogen-bond acceptors (Lipinski definition) is 5. The van der Waals surface area contributed by atoms with Crippen LogP contribution in [0.1, 0.15) is 59.1 Å². The Morgan fingerprint density at radius 2 is 1.78 bits per heavy atom. The highest BCUT2D eigenvalue weighted by molar-refractivity contribution is 7.15. The molecule has 2 amide bonds. The molecule has 10 heteroatoms. The summed E-state index contributed by atoms with van der Waals surface area (Å²) < 4.78 is 46.0. The lowest BCUT2D eigenvalue weighted by atomic mass is 10.0. The molecule has 1 saturated heterocycles. The summed E-state index contributed by atoms with van der Waals surface area (Å²) in [6.07, 6.45) is -0.835. The monoisotopic (exact) mass is 579 g/mol. The van der Waals surface area contributed by atoms with Crippen molar-refractivity contribution in [3.05, 3.63) is 83.0 Å². The van der Waals surface area contributed by atoms with Crippen LogP contribution in [0.15, 0.2) is 66.7 Å². The fraction of sp³-hybridized carbons (Fsp3) is 0.323. The molecule has 2 aliphatic rings. The first-order chi connectivity index (χ1) is 19.8. The third-order valence-electron chi connectivity index (χ3n) is 7.55. The van der Waals surface area contributed by atoms with Gasteiger partial charge in [-0.2, -0.15) is 13.2 Å². The number of ether oxygens (including phenoxy) is 1. The molecule has 4 aromatic rings. The predicted molar refractivity (Wildman–Crippen MR) is 151 cm³/mol. The van der Waals surface area contributed by atoms with E-state index in [-0.39, 0.29) is 30.1 Å². The number of amides is 2. The summed E-state index contributed by atoms with van der Waals surface area (Å²) in [5, 5.41) is 5.36. The standard InChI is InChI=1S/C31H28F3N3O3S/c32-31(33,34)22-10-5-9-21(17-22)27-26(36-28(41-27)20-14-15-20)29(38)37-16-4-3-11-23(37)18-35-30(39)40-25-13-6-8-19-7-1-2-12-24(19)25/h1-2,5-10,12-13,17,20,23H,3-4,11,14-16,18H2,(H,35,39)/t23-/m0/s1. The number of hydrogen-bond donors (Lipinski definition) is 1. The van der Waals surface area contributed by atoms with Gasteiger partial charge >= 0.3 is 12.3 Å². The van der Waals surface area contributed by atoms with Crippen LogP contribution in [0, 0.1) is 0 Å². The maximum Gasteiger partial charge on any atom is 0.416 e. The van der Waals surface area contributed by atoms with Gasteiger partial charge in [0.1, 0.15) is 11.4 Å². The summed E-state index contributed by atoms with van der Waals surface area (Å²) in [5.41, 5.74) is -0.251. The van der Waals surface area contributed by atoms with Crippen LogP contribution >= 0.6 is 11.3 Å². The second-order valence-corrected chi connectivity index (χ2v) is 11.5. The summed E-state index contributed by atoms with van der Waals surface area (Å²) in [7, 11) is 0. The topological polar surface area (TPSA) is 71.5 Å². The molecule has 41 heavy (non-hydrogen) atoms. The lowest BCUT2D eigenvalue weighted by molar-refractivity contribution is -0.137. The van der Waals surface area contributed by atoms with Crippen LogP contribution in [-0.4, -0.2) is 41.0 Å². The molecule has 1 aromatic heterocycles. The molecule has 1 atom stereocenters. The number of rotatable bonds is 6. The van der Waals surface area contributed by atoms with Gasteiger partial charge in [0.2, 0.25) is 0 Å². The Bertz CT molecular complexity index is 1590. The number of carbonyl (C=O) groups excluding carboxylic acids is 2. The lowest BCUT2D eigenvalue weighted by Crippen LogP contribution is -2.50. The van der Waals surface area contributed by atoms with E-state index < -0.39 is 17.8 Å². The first kappa shape index (κ1) is 27.3. The van der Waals surface area contributed by atoms with Crippen molar-refractivity contribution in [1.29, 1.82) is 0 Å². The van der Waals surface area contributed by atoms with Gasteiger partial charge < -0.3 is 15.0 Å². The second-order valence-electron chi connectivity index (χ2n) is 10.5. The van der Waals surface area contributed by atoms with Crippen molar-refractivity contribution in [3.8, 4) is 16.2 Å². The van der Waals surface area contributed by atoms with Gasteiger partial charge in [0.15, 0.2) is 0 Å². The molecule has 1 aliphatic carbocycles. The van der Waals surface area contributed by atoms with Gasteiger partial charge in [-0.05, 0) is 61.3 Å². The summed E-state index contributed by atoms with van der Waals surface area (Å²) in [6, 6.07) is 17.9. The molecule has 1 aliphatic heterocycles. The van der Waals surface area contributed by atoms with Crippen LogP contribution in [0.5, 0.6) is 5.75 Å². The summed E-state index contributed by atoms with van der Waals surface area (Å²) in [6.45, 7) is 0.662. The number of carbonyl (C=O) groups is 2. The van der Waals surface area contributed by atoms with Crippen molar-refractivity contribution in [1.82, 2.24) is 15.2 Å². The van der Waals surface area contributed by atoms with E-state index in [2.05, 4.69) is 10.3 Å². The third-order valence-corrected chi connectivity index (χ3v) is 8.81. The van der Waals surface area contributed by atoms with E-state index in [0.717, 1.165) is 53.6 Å². The Kier molecular flexibility index (Phi) is 7.42. The number of fused-ring (bicyclic) bond motifs is 1. The second kappa shape index (κ2) is 11.2. The number of piperidine rings is 1. The number of halogens is 3. The number of thiazole rings is 1. The molecule has 1 saturated carbocycles. The number of nitrogens with zero attached hydrogens (tertiary/aromatic N) is 2. The van der Waals surface area contributed by atoms with E-state index in [1.807, 2.05) is 36.4 Å². The van der Waals surface area contributed by atoms with E-state index in [0.29, 0.717) is 29.2 Å². The van der Waals surface area contributed by atoms with Gasteiger partial charge in [-0.1, -0.05) is 48.5 Å². The zero-order valence-electron chi connectivity index (χ0n) is 22.1. The van der Waals surface area contributed by atoms with Crippen molar-refractivity contribution in [2.24, 2.45) is 0 Å². The molecule has 2 fully saturated rings. The Balaban J connectivity index is 1.21. The molecule has 0 radical (unpaired) electrons. The van der Waals surface area contributed by atoms with E-state index in [9.17, 15) is 22.8 Å². The molecule has 0 spiro atoms. The average Bonchev–Trinajstić information content (AvgIpc) is 3.74. The Morgan fingerprint density at radius 1 is 1.00 bits per heavy atom. The molecule has 212 valence electrons. The van der Waals surface area contributed by atoms with Gasteiger partial charge in [0.05, 0.1) is 15.4 Å². The van der Waals surface area contributed by atoms with Crippen LogP contribution in [0.25, 0.3) is 21.2 Å². The van der Waals surface area contributed by atoms with Gasteiger partial charge in [0, 0.05) is 30.4 Å². The first-order valence-corrected chi connectivity index (χ1v) is 14.5. The number of alkyl halides is 3. The molecule has 3 aromatic carbocycles. The minimum absolute atomic E-state index is 0.182. The van der Waals surface area contributed by atoms with Crippen LogP contribution in [0.4, 0.5) is 18.0 Å². The predicted octanol–water partition coefficient (Wildman–Crippen LogP) is 7.64. The molecule has 1 N–H and O–H groups in total. The summed E-state index contributed by atoms with van der Waals surface area (Å²) >= 11 is 1.30. The summed E-state index contributed by atoms with van der Waals surface area (Å²) in [5.74, 6) is 0.362. The minimum Gasteiger partial charge on any atom is -0.410 e. The van der Waals surface area contributed by atoms with E-state index in [1.54, 1.807) is 17.0 Å². The highest BCUT2D eigenvalue weighted by atomic mass is 32.1. The molecule has 0 unspecified atom stereocenters. The zero-order chi connectivity index (χ0) is 28.6. The lowest BCUT2D eigenvalue weighted by Gasteiger charge is -2.35. The normalized spacial score (nSPS) is 17.4. The fourth-order valence-electron chi connectivity index (χ4n) is 5.26. The highest BCUT2D eigenvalue weighted by Crippen LogP contribution is 2.46. The zero-order valence-corrected chi connectivity index (χ0v) is 22.9. The van der Waals surface area contributed by atoms with Crippen molar-refractivity contribution >= 4 is 34.1 Å². The highest BCUT2D eigenvalue weighted by Gasteiger charge is 2.36. The van der Waals surface area contributed by atoms with Gasteiger partial charge in [-0.15, -0.1) is 11.3 Å². The largest absolute Gasteiger partial charge is 0.416 e. The Labute approximate surface area is 239 Å². The molecular formula is C31H28F3N3O3S. The fourth-order valence-corrected chi connectivity index (χ4v) is 6.48. The van der Waals surface area contributed by atoms with Crippen LogP contribution in [-0.2, 0) is 6.18 Å². The number of benzene rings is 3. The number of likely N-dealkylation sites (tertiary alicyclic amines) is 1. The van der Waals surface area contributed by atoms with Gasteiger partial charge in [-0.3, -0.25) is 4.79 Å². The van der Waals surface area contributed by atoms with Crippen LogP contribution in [0.2, 0.25) is 0 Å². The Hall–Kier alpha value is -3.92. The van der Waals surface area contributed by atoms with E-state index >= 15 is 0 Å². The van der Waals surface area contributed by atoms with Gasteiger partial charge in [0.25, 0.3) is 5.91 Å². The van der Waals surface area contributed by atoms with Crippen LogP contribution < -0.4 is 10.1 Å². The van der Waals surface area contributed by atoms with E-state index in [1.165, 1.54) is 17.4 Å². The summed E-state index contributed by atoms with van der Waals surface area (Å²) in [4.78, 5) is 33.5. The minimum atomic E-state index is -4.49. The first-order valence-electron chi connectivity index (χ1n) is 13.7. The quantitative estimate of drug-likeness (QED) is 0.255. The van der Waals surface area contributed by atoms with Gasteiger partial charge in [-0.25, -0.2) is 9.78 Å². The molecule has 0 bridgehead atoms. The molecule has 2 heterocycles. The van der Waals surface area contributed by atoms with Crippen molar-refractivity contribution in [2.75, 3.05) is 13.1 Å². The van der Waals surface area contributed by atoms with Crippen molar-refractivity contribution in [3.63, 3.8) is 0 Å². The molecular weight excluding hydrogens is 551 g/mol. The van der Waals surface area contributed by atoms with Crippen molar-refractivity contribution in [2.45, 2.75) is 50.2 Å². The van der Waals surface area contributed by atoms with Crippen molar-refractivity contribution < 1.29 is 27.5 Å². The van der Waals surface area contributed by atoms with E-state index in [4.69, 9.17) is 4.74 Å². The maximum atomic E-state index is 13.9. The smallest absolute Gasteiger partial charge is 0.410 e.